The summed E-state index contributed by atoms with van der Waals surface area (Å²) in [4.78, 5) is 26.3. The van der Waals surface area contributed by atoms with Gasteiger partial charge in [-0.05, 0) is 63.1 Å². The summed E-state index contributed by atoms with van der Waals surface area (Å²) in [5, 5.41) is 6.00. The maximum atomic E-state index is 13.1. The first-order chi connectivity index (χ1) is 12.6. The van der Waals surface area contributed by atoms with Gasteiger partial charge in [0, 0.05) is 25.2 Å². The number of hydrogen-bond donors (Lipinski definition) is 2. The zero-order valence-electron chi connectivity index (χ0n) is 16.1. The Bertz CT molecular complexity index is 733. The van der Waals surface area contributed by atoms with E-state index >= 15 is 0 Å². The lowest BCUT2D eigenvalue weighted by molar-refractivity contribution is -0.133. The van der Waals surface area contributed by atoms with Crippen molar-refractivity contribution in [3.63, 3.8) is 0 Å². The van der Waals surface area contributed by atoms with Crippen LogP contribution in [-0.4, -0.2) is 48.4 Å². The van der Waals surface area contributed by atoms with E-state index in [2.05, 4.69) is 15.5 Å². The molecule has 0 aromatic heterocycles. The second-order valence-electron chi connectivity index (χ2n) is 9.05. The van der Waals surface area contributed by atoms with Crippen LogP contribution in [0.4, 0.5) is 4.39 Å². The highest BCUT2D eigenvalue weighted by molar-refractivity contribution is 6.33. The standard InChI is InChI=1S/C20H27ClFN3O2/c1-19(2,3)24-17(26)10-25-11-20(12-25)7-13(8-20)9-23-18(27)15-5-4-14(22)6-16(15)21/h4-6,13H,7-12H2,1-3H3,(H,23,27)(H,24,26). The minimum atomic E-state index is -0.455. The first-order valence-corrected chi connectivity index (χ1v) is 9.70. The molecule has 5 nitrogen and oxygen atoms in total. The van der Waals surface area contributed by atoms with Gasteiger partial charge >= 0.3 is 0 Å². The number of nitrogens with one attached hydrogen (secondary N) is 2. The lowest BCUT2D eigenvalue weighted by Crippen LogP contribution is -2.64. The quantitative estimate of drug-likeness (QED) is 0.805. The summed E-state index contributed by atoms with van der Waals surface area (Å²) in [7, 11) is 0. The van der Waals surface area contributed by atoms with Crippen molar-refractivity contribution < 1.29 is 14.0 Å². The summed E-state index contributed by atoms with van der Waals surface area (Å²) >= 11 is 5.92. The fourth-order valence-corrected chi connectivity index (χ4v) is 4.50. The van der Waals surface area contributed by atoms with Crippen LogP contribution in [0.3, 0.4) is 0 Å². The average molecular weight is 396 g/mol. The lowest BCUT2D eigenvalue weighted by Gasteiger charge is -2.59. The third-order valence-electron chi connectivity index (χ3n) is 5.17. The van der Waals surface area contributed by atoms with Gasteiger partial charge in [0.25, 0.3) is 5.91 Å². The number of rotatable bonds is 5. The Balaban J connectivity index is 1.36. The van der Waals surface area contributed by atoms with Crippen LogP contribution < -0.4 is 10.6 Å². The smallest absolute Gasteiger partial charge is 0.252 e. The SMILES string of the molecule is CC(C)(C)NC(=O)CN1CC2(CC(CNC(=O)c3ccc(F)cc3Cl)C2)C1. The molecule has 0 radical (unpaired) electrons. The molecule has 7 heteroatoms. The van der Waals surface area contributed by atoms with Crippen LogP contribution in [0.1, 0.15) is 44.0 Å². The number of halogens is 2. The van der Waals surface area contributed by atoms with Crippen molar-refractivity contribution in [2.45, 2.75) is 39.2 Å². The second kappa shape index (κ2) is 7.40. The highest BCUT2D eigenvalue weighted by Crippen LogP contribution is 2.51. The number of hydrogen-bond acceptors (Lipinski definition) is 3. The van der Waals surface area contributed by atoms with Gasteiger partial charge in [0.15, 0.2) is 0 Å². The van der Waals surface area contributed by atoms with Crippen LogP contribution in [-0.2, 0) is 4.79 Å². The summed E-state index contributed by atoms with van der Waals surface area (Å²) in [6.07, 6.45) is 2.11. The summed E-state index contributed by atoms with van der Waals surface area (Å²) in [5.74, 6) is -0.214. The van der Waals surface area contributed by atoms with Gasteiger partial charge in [-0.25, -0.2) is 4.39 Å². The van der Waals surface area contributed by atoms with Crippen molar-refractivity contribution in [1.82, 2.24) is 15.5 Å². The third-order valence-corrected chi connectivity index (χ3v) is 5.48. The molecule has 1 aliphatic heterocycles. The molecule has 0 atom stereocenters. The normalized spacial score (nSPS) is 19.3. The predicted molar refractivity (Wildman–Crippen MR) is 103 cm³/mol. The van der Waals surface area contributed by atoms with Gasteiger partial charge in [0.1, 0.15) is 5.82 Å². The fraction of sp³-hybridized carbons (Fsp3) is 0.600. The molecule has 148 valence electrons. The van der Waals surface area contributed by atoms with E-state index in [1.165, 1.54) is 12.1 Å². The molecule has 3 rings (SSSR count). The number of benzene rings is 1. The van der Waals surface area contributed by atoms with E-state index in [4.69, 9.17) is 11.6 Å². The number of amides is 2. The third kappa shape index (κ3) is 4.99. The van der Waals surface area contributed by atoms with Gasteiger partial charge in [-0.2, -0.15) is 0 Å². The lowest BCUT2D eigenvalue weighted by atomic mass is 9.57. The molecule has 1 aromatic carbocycles. The Morgan fingerprint density at radius 3 is 2.56 bits per heavy atom. The first kappa shape index (κ1) is 20.1. The van der Waals surface area contributed by atoms with Crippen LogP contribution in [0, 0.1) is 17.2 Å². The molecule has 2 fully saturated rings. The molecule has 1 saturated carbocycles. The molecule has 1 heterocycles. The van der Waals surface area contributed by atoms with Crippen molar-refractivity contribution in [3.05, 3.63) is 34.6 Å². The highest BCUT2D eigenvalue weighted by atomic mass is 35.5. The van der Waals surface area contributed by atoms with Gasteiger partial charge in [-0.15, -0.1) is 0 Å². The van der Waals surface area contributed by atoms with Crippen molar-refractivity contribution in [1.29, 1.82) is 0 Å². The van der Waals surface area contributed by atoms with Crippen molar-refractivity contribution in [3.8, 4) is 0 Å². The maximum absolute atomic E-state index is 13.1. The van der Waals surface area contributed by atoms with Gasteiger partial charge in [-0.3, -0.25) is 14.5 Å². The van der Waals surface area contributed by atoms with Gasteiger partial charge in [0.2, 0.25) is 5.91 Å². The van der Waals surface area contributed by atoms with Gasteiger partial charge in [-0.1, -0.05) is 11.6 Å². The van der Waals surface area contributed by atoms with E-state index in [0.717, 1.165) is 32.0 Å². The monoisotopic (exact) mass is 395 g/mol. The average Bonchev–Trinajstić information content (AvgIpc) is 2.44. The summed E-state index contributed by atoms with van der Waals surface area (Å²) in [6.45, 7) is 8.87. The topological polar surface area (TPSA) is 61.4 Å². The maximum Gasteiger partial charge on any atom is 0.252 e. The number of carbonyl (C=O) groups is 2. The summed E-state index contributed by atoms with van der Waals surface area (Å²) in [6, 6.07) is 3.78. The van der Waals surface area contributed by atoms with Crippen molar-refractivity contribution in [2.24, 2.45) is 11.3 Å². The van der Waals surface area contributed by atoms with Gasteiger partial charge in [0.05, 0.1) is 17.1 Å². The van der Waals surface area contributed by atoms with E-state index in [1.54, 1.807) is 0 Å². The zero-order valence-corrected chi connectivity index (χ0v) is 16.8. The Labute approximate surface area is 164 Å². The molecule has 1 aliphatic carbocycles. The predicted octanol–water partition coefficient (Wildman–Crippen LogP) is 2.84. The summed E-state index contributed by atoms with van der Waals surface area (Å²) < 4.78 is 13.1. The first-order valence-electron chi connectivity index (χ1n) is 9.32. The molecule has 27 heavy (non-hydrogen) atoms. The fourth-order valence-electron chi connectivity index (χ4n) is 4.25. The van der Waals surface area contributed by atoms with Crippen LogP contribution in [0.15, 0.2) is 18.2 Å². The van der Waals surface area contributed by atoms with Crippen molar-refractivity contribution in [2.75, 3.05) is 26.2 Å². The van der Waals surface area contributed by atoms with Crippen LogP contribution in [0.25, 0.3) is 0 Å². The Morgan fingerprint density at radius 2 is 1.96 bits per heavy atom. The molecule has 2 N–H and O–H groups in total. The minimum Gasteiger partial charge on any atom is -0.352 e. The van der Waals surface area contributed by atoms with Crippen molar-refractivity contribution >= 4 is 23.4 Å². The molecule has 1 saturated heterocycles. The number of carbonyl (C=O) groups excluding carboxylic acids is 2. The van der Waals surface area contributed by atoms with E-state index in [1.807, 2.05) is 20.8 Å². The molecule has 0 bridgehead atoms. The van der Waals surface area contributed by atoms with Crippen LogP contribution >= 0.6 is 11.6 Å². The molecular weight excluding hydrogens is 369 g/mol. The molecule has 2 aliphatic rings. The van der Waals surface area contributed by atoms with E-state index in [0.29, 0.717) is 30.0 Å². The van der Waals surface area contributed by atoms with Crippen LogP contribution in [0.5, 0.6) is 0 Å². The van der Waals surface area contributed by atoms with E-state index < -0.39 is 5.82 Å². The van der Waals surface area contributed by atoms with Crippen LogP contribution in [0.2, 0.25) is 5.02 Å². The molecule has 1 aromatic rings. The Morgan fingerprint density at radius 1 is 1.30 bits per heavy atom. The minimum absolute atomic E-state index is 0.0664. The van der Waals surface area contributed by atoms with Gasteiger partial charge < -0.3 is 10.6 Å². The molecule has 1 spiro atoms. The Kier molecular flexibility index (Phi) is 5.50. The summed E-state index contributed by atoms with van der Waals surface area (Å²) in [5.41, 5.74) is 0.407. The molecular formula is C20H27ClFN3O2. The number of nitrogens with zero attached hydrogens (tertiary/aromatic N) is 1. The molecule has 2 amide bonds. The number of likely N-dealkylation sites (tertiary alicyclic amines) is 1. The molecule has 0 unspecified atom stereocenters. The second-order valence-corrected chi connectivity index (χ2v) is 9.46. The van der Waals surface area contributed by atoms with E-state index in [9.17, 15) is 14.0 Å². The van der Waals surface area contributed by atoms with E-state index in [-0.39, 0.29) is 22.4 Å². The Hall–Kier alpha value is -1.66. The highest BCUT2D eigenvalue weighted by Gasteiger charge is 2.52. The largest absolute Gasteiger partial charge is 0.352 e. The zero-order chi connectivity index (χ0) is 19.8.